The zero-order valence-electron chi connectivity index (χ0n) is 21.5. The van der Waals surface area contributed by atoms with Crippen molar-refractivity contribution < 1.29 is 14.7 Å². The first kappa shape index (κ1) is 27.0. The lowest BCUT2D eigenvalue weighted by Crippen LogP contribution is -2.49. The minimum absolute atomic E-state index is 0.0320. The molecule has 0 radical (unpaired) electrons. The van der Waals surface area contributed by atoms with Gasteiger partial charge in [0, 0.05) is 18.4 Å². The standard InChI is InChI=1S/C27H38N6O3/c1-17(2)25(32-14-19(4)30-16-32)27(36)33-13-5-6-23(33)26(35)31-22(15-34)20-7-9-21(10-8-20)24(29)18(3)11-12-28/h7-12,14,16-17,22-23,25,34H,5-6,13,15,28-29H2,1-4H3,(H,31,35)/b12-11-,24-18-/t22-,23-,25-/m0/s1. The lowest BCUT2D eigenvalue weighted by atomic mass is 10.0. The monoisotopic (exact) mass is 494 g/mol. The predicted octanol–water partition coefficient (Wildman–Crippen LogP) is 2.39. The molecule has 0 spiro atoms. The van der Waals surface area contributed by atoms with E-state index in [1.807, 2.05) is 62.7 Å². The minimum atomic E-state index is -0.600. The minimum Gasteiger partial charge on any atom is -0.405 e. The van der Waals surface area contributed by atoms with Crippen LogP contribution < -0.4 is 16.8 Å². The third-order valence-electron chi connectivity index (χ3n) is 6.67. The van der Waals surface area contributed by atoms with Crippen LogP contribution in [0.5, 0.6) is 0 Å². The summed E-state index contributed by atoms with van der Waals surface area (Å²) in [5, 5.41) is 13.0. The van der Waals surface area contributed by atoms with Gasteiger partial charge in [-0.05, 0) is 61.6 Å². The second-order valence-corrected chi connectivity index (χ2v) is 9.66. The molecule has 1 aromatic carbocycles. The Morgan fingerprint density at radius 3 is 2.53 bits per heavy atom. The quantitative estimate of drug-likeness (QED) is 0.395. The summed E-state index contributed by atoms with van der Waals surface area (Å²) in [5.74, 6) is -0.324. The van der Waals surface area contributed by atoms with Gasteiger partial charge in [-0.1, -0.05) is 38.1 Å². The molecule has 1 aliphatic heterocycles. The lowest BCUT2D eigenvalue weighted by Gasteiger charge is -2.31. The number of imidazole rings is 1. The zero-order valence-corrected chi connectivity index (χ0v) is 21.5. The molecule has 194 valence electrons. The Morgan fingerprint density at radius 1 is 1.28 bits per heavy atom. The van der Waals surface area contributed by atoms with Crippen molar-refractivity contribution in [3.05, 3.63) is 71.5 Å². The Kier molecular flexibility index (Phi) is 8.93. The van der Waals surface area contributed by atoms with Crippen LogP contribution >= 0.6 is 0 Å². The van der Waals surface area contributed by atoms with Crippen LogP contribution in [0.25, 0.3) is 5.70 Å². The number of amides is 2. The molecule has 0 saturated carbocycles. The van der Waals surface area contributed by atoms with Gasteiger partial charge in [0.1, 0.15) is 12.1 Å². The number of hydrogen-bond acceptors (Lipinski definition) is 6. The van der Waals surface area contributed by atoms with Gasteiger partial charge in [-0.3, -0.25) is 9.59 Å². The number of benzene rings is 1. The highest BCUT2D eigenvalue weighted by atomic mass is 16.3. The molecular formula is C27H38N6O3. The molecule has 9 nitrogen and oxygen atoms in total. The van der Waals surface area contributed by atoms with E-state index in [1.54, 1.807) is 17.3 Å². The molecule has 2 heterocycles. The maximum absolute atomic E-state index is 13.6. The number of carbonyl (C=O) groups excluding carboxylic acids is 2. The average molecular weight is 495 g/mol. The molecule has 1 aliphatic rings. The molecule has 1 fully saturated rings. The number of aryl methyl sites for hydroxylation is 1. The molecule has 0 aliphatic carbocycles. The van der Waals surface area contributed by atoms with Crippen molar-refractivity contribution in [2.45, 2.75) is 58.7 Å². The Morgan fingerprint density at radius 2 is 1.97 bits per heavy atom. The van der Waals surface area contributed by atoms with Gasteiger partial charge in [0.15, 0.2) is 0 Å². The van der Waals surface area contributed by atoms with E-state index in [-0.39, 0.29) is 24.3 Å². The van der Waals surface area contributed by atoms with Gasteiger partial charge in [0.05, 0.1) is 24.7 Å². The Hall–Kier alpha value is -3.59. The molecule has 1 saturated heterocycles. The topological polar surface area (TPSA) is 140 Å². The number of aromatic nitrogens is 2. The number of carbonyl (C=O) groups is 2. The Balaban J connectivity index is 1.74. The second-order valence-electron chi connectivity index (χ2n) is 9.66. The van der Waals surface area contributed by atoms with Crippen LogP contribution in [0.3, 0.4) is 0 Å². The van der Waals surface area contributed by atoms with Crippen LogP contribution in [0.2, 0.25) is 0 Å². The van der Waals surface area contributed by atoms with Gasteiger partial charge in [0.25, 0.3) is 0 Å². The summed E-state index contributed by atoms with van der Waals surface area (Å²) in [4.78, 5) is 32.8. The van der Waals surface area contributed by atoms with E-state index in [4.69, 9.17) is 11.5 Å². The van der Waals surface area contributed by atoms with E-state index in [2.05, 4.69) is 10.3 Å². The first-order chi connectivity index (χ1) is 17.2. The van der Waals surface area contributed by atoms with Gasteiger partial charge >= 0.3 is 0 Å². The number of aliphatic hydroxyl groups excluding tert-OH is 1. The molecule has 36 heavy (non-hydrogen) atoms. The zero-order chi connectivity index (χ0) is 26.4. The van der Waals surface area contributed by atoms with Crippen molar-refractivity contribution in [1.29, 1.82) is 0 Å². The van der Waals surface area contributed by atoms with E-state index < -0.39 is 18.1 Å². The fraction of sp³-hybridized carbons (Fsp3) is 0.444. The highest BCUT2D eigenvalue weighted by Crippen LogP contribution is 2.27. The number of nitrogens with one attached hydrogen (secondary N) is 1. The maximum Gasteiger partial charge on any atom is 0.246 e. The predicted molar refractivity (Wildman–Crippen MR) is 140 cm³/mol. The molecule has 0 unspecified atom stereocenters. The average Bonchev–Trinajstić information content (AvgIpc) is 3.51. The smallest absolute Gasteiger partial charge is 0.246 e. The van der Waals surface area contributed by atoms with Crippen molar-refractivity contribution >= 4 is 17.5 Å². The van der Waals surface area contributed by atoms with Crippen LogP contribution in [-0.4, -0.2) is 50.6 Å². The van der Waals surface area contributed by atoms with Crippen LogP contribution in [0, 0.1) is 12.8 Å². The van der Waals surface area contributed by atoms with Crippen molar-refractivity contribution in [2.24, 2.45) is 17.4 Å². The fourth-order valence-electron chi connectivity index (χ4n) is 4.68. The van der Waals surface area contributed by atoms with Crippen molar-refractivity contribution in [1.82, 2.24) is 19.8 Å². The molecule has 3 rings (SSSR count). The summed E-state index contributed by atoms with van der Waals surface area (Å²) in [6.45, 7) is 7.99. The van der Waals surface area contributed by atoms with Crippen LogP contribution in [-0.2, 0) is 9.59 Å². The molecule has 2 amide bonds. The third kappa shape index (κ3) is 5.96. The molecule has 9 heteroatoms. The van der Waals surface area contributed by atoms with E-state index in [1.165, 1.54) is 6.20 Å². The number of nitrogens with two attached hydrogens (primary N) is 2. The Bertz CT molecular complexity index is 1120. The van der Waals surface area contributed by atoms with Gasteiger partial charge in [-0.2, -0.15) is 0 Å². The summed E-state index contributed by atoms with van der Waals surface area (Å²) < 4.78 is 1.83. The van der Waals surface area contributed by atoms with E-state index in [0.29, 0.717) is 18.7 Å². The number of hydrogen-bond donors (Lipinski definition) is 4. The fourth-order valence-corrected chi connectivity index (χ4v) is 4.68. The highest BCUT2D eigenvalue weighted by Gasteiger charge is 2.39. The van der Waals surface area contributed by atoms with Gasteiger partial charge in [0.2, 0.25) is 11.8 Å². The number of allylic oxidation sites excluding steroid dienone is 2. The third-order valence-corrected chi connectivity index (χ3v) is 6.67. The molecule has 1 aromatic heterocycles. The summed E-state index contributed by atoms with van der Waals surface area (Å²) in [6, 6.07) is 5.74. The van der Waals surface area contributed by atoms with Gasteiger partial charge in [-0.15, -0.1) is 0 Å². The van der Waals surface area contributed by atoms with Crippen molar-refractivity contribution in [3.63, 3.8) is 0 Å². The van der Waals surface area contributed by atoms with E-state index in [9.17, 15) is 14.7 Å². The SMILES string of the molecule is CC(/C=C\N)=C(/N)c1ccc([C@H](CO)NC(=O)[C@@H]2CCCN2C(=O)[C@H](C(C)C)n2cnc(C)c2)cc1. The number of aliphatic hydroxyl groups is 1. The summed E-state index contributed by atoms with van der Waals surface area (Å²) >= 11 is 0. The number of likely N-dealkylation sites (tertiary alicyclic amines) is 1. The van der Waals surface area contributed by atoms with E-state index >= 15 is 0 Å². The van der Waals surface area contributed by atoms with Crippen molar-refractivity contribution in [2.75, 3.05) is 13.2 Å². The normalized spacial score (nSPS) is 18.4. The summed E-state index contributed by atoms with van der Waals surface area (Å²) in [7, 11) is 0. The van der Waals surface area contributed by atoms with Crippen LogP contribution in [0.1, 0.15) is 62.5 Å². The molecular weight excluding hydrogens is 456 g/mol. The lowest BCUT2D eigenvalue weighted by molar-refractivity contribution is -0.142. The number of nitrogens with zero attached hydrogens (tertiary/aromatic N) is 3. The highest BCUT2D eigenvalue weighted by molar-refractivity contribution is 5.90. The first-order valence-corrected chi connectivity index (χ1v) is 12.3. The second kappa shape index (κ2) is 11.9. The number of rotatable bonds is 9. The largest absolute Gasteiger partial charge is 0.405 e. The van der Waals surface area contributed by atoms with Crippen molar-refractivity contribution in [3.8, 4) is 0 Å². The van der Waals surface area contributed by atoms with Gasteiger partial charge < -0.3 is 31.4 Å². The van der Waals surface area contributed by atoms with Crippen LogP contribution in [0.4, 0.5) is 0 Å². The Labute approximate surface area is 212 Å². The molecule has 6 N–H and O–H groups in total. The summed E-state index contributed by atoms with van der Waals surface area (Å²) in [5.41, 5.74) is 15.5. The van der Waals surface area contributed by atoms with Gasteiger partial charge in [-0.25, -0.2) is 4.98 Å². The summed E-state index contributed by atoms with van der Waals surface area (Å²) in [6.07, 6.45) is 8.02. The molecule has 2 aromatic rings. The molecule has 0 bridgehead atoms. The van der Waals surface area contributed by atoms with E-state index in [0.717, 1.165) is 28.8 Å². The molecule has 3 atom stereocenters. The van der Waals surface area contributed by atoms with Crippen LogP contribution in [0.15, 0.2) is 54.6 Å². The maximum atomic E-state index is 13.6. The first-order valence-electron chi connectivity index (χ1n) is 12.3.